The lowest BCUT2D eigenvalue weighted by Gasteiger charge is -2.21. The van der Waals surface area contributed by atoms with E-state index in [0.29, 0.717) is 0 Å². The third-order valence-electron chi connectivity index (χ3n) is 2.43. The molecule has 0 aromatic heterocycles. The maximum Gasteiger partial charge on any atom is 0.186 e. The zero-order valence-corrected chi connectivity index (χ0v) is 12.1. The van der Waals surface area contributed by atoms with Gasteiger partial charge >= 0.3 is 0 Å². The third-order valence-corrected chi connectivity index (χ3v) is 3.55. The average Bonchev–Trinajstić information content (AvgIpc) is 2.11. The minimum atomic E-state index is -4.02. The quantitative estimate of drug-likeness (QED) is 0.916. The van der Waals surface area contributed by atoms with Crippen molar-refractivity contribution in [3.8, 4) is 5.75 Å². The van der Waals surface area contributed by atoms with Gasteiger partial charge in [0.1, 0.15) is 10.7 Å². The minimum absolute atomic E-state index is 0.147. The summed E-state index contributed by atoms with van der Waals surface area (Å²) in [5.41, 5.74) is 5.28. The second kappa shape index (κ2) is 5.05. The zero-order chi connectivity index (χ0) is 15.0. The van der Waals surface area contributed by atoms with Crippen molar-refractivity contribution in [1.29, 1.82) is 0 Å². The van der Waals surface area contributed by atoms with Crippen LogP contribution >= 0.6 is 0 Å². The molecule has 7 heteroatoms. The molecule has 0 fully saturated rings. The number of ether oxygens (including phenoxy) is 1. The lowest BCUT2D eigenvalue weighted by Crippen LogP contribution is -2.34. The van der Waals surface area contributed by atoms with Crippen LogP contribution in [0.2, 0.25) is 0 Å². The molecule has 0 heterocycles. The van der Waals surface area contributed by atoms with E-state index in [1.165, 1.54) is 7.11 Å². The summed E-state index contributed by atoms with van der Waals surface area (Å²) in [7, 11) is -2.83. The van der Waals surface area contributed by atoms with Crippen molar-refractivity contribution in [2.24, 2.45) is 5.73 Å². The monoisotopic (exact) mass is 293 g/mol. The Labute approximate surface area is 111 Å². The molecule has 0 spiro atoms. The SMILES string of the molecule is COc1c(CC(C)(C)N)cc(F)c(S(C)(=O)=O)c1F. The molecule has 0 radical (unpaired) electrons. The lowest BCUT2D eigenvalue weighted by molar-refractivity contribution is 0.364. The summed E-state index contributed by atoms with van der Waals surface area (Å²) in [5.74, 6) is -2.65. The Hall–Kier alpha value is -1.21. The smallest absolute Gasteiger partial charge is 0.186 e. The number of halogens is 2. The summed E-state index contributed by atoms with van der Waals surface area (Å²) < 4.78 is 55.5. The molecule has 0 amide bonds. The van der Waals surface area contributed by atoms with E-state index in [2.05, 4.69) is 0 Å². The maximum absolute atomic E-state index is 14.1. The molecule has 0 unspecified atom stereocenters. The fraction of sp³-hybridized carbons (Fsp3) is 0.500. The molecule has 4 nitrogen and oxygen atoms in total. The zero-order valence-electron chi connectivity index (χ0n) is 11.3. The molecule has 2 N–H and O–H groups in total. The van der Waals surface area contributed by atoms with E-state index < -0.39 is 31.9 Å². The summed E-state index contributed by atoms with van der Waals surface area (Å²) in [5, 5.41) is 0. The van der Waals surface area contributed by atoms with Crippen LogP contribution in [0.25, 0.3) is 0 Å². The largest absolute Gasteiger partial charge is 0.493 e. The predicted molar refractivity (Wildman–Crippen MR) is 68.0 cm³/mol. The lowest BCUT2D eigenvalue weighted by atomic mass is 9.95. The number of nitrogens with two attached hydrogens (primary N) is 1. The van der Waals surface area contributed by atoms with Gasteiger partial charge in [-0.3, -0.25) is 0 Å². The van der Waals surface area contributed by atoms with Crippen LogP contribution in [0.1, 0.15) is 19.4 Å². The summed E-state index contributed by atoms with van der Waals surface area (Å²) in [6.07, 6.45) is 0.883. The molecule has 108 valence electrons. The van der Waals surface area contributed by atoms with Crippen LogP contribution in [0.4, 0.5) is 8.78 Å². The van der Waals surface area contributed by atoms with Crippen LogP contribution in [-0.2, 0) is 16.3 Å². The fourth-order valence-corrected chi connectivity index (χ4v) is 2.65. The van der Waals surface area contributed by atoms with Gasteiger partial charge < -0.3 is 10.5 Å². The van der Waals surface area contributed by atoms with Gasteiger partial charge in [-0.1, -0.05) is 0 Å². The van der Waals surface area contributed by atoms with E-state index in [-0.39, 0.29) is 17.7 Å². The Morgan fingerprint density at radius 1 is 1.37 bits per heavy atom. The Bertz CT molecular complexity index is 592. The van der Waals surface area contributed by atoms with Gasteiger partial charge in [0.2, 0.25) is 0 Å². The molecule has 19 heavy (non-hydrogen) atoms. The normalized spacial score (nSPS) is 12.6. The van der Waals surface area contributed by atoms with Crippen molar-refractivity contribution in [3.63, 3.8) is 0 Å². The van der Waals surface area contributed by atoms with Crippen molar-refractivity contribution in [2.45, 2.75) is 30.7 Å². The Kier molecular flexibility index (Phi) is 4.21. The van der Waals surface area contributed by atoms with Gasteiger partial charge in [-0.25, -0.2) is 17.2 Å². The first-order chi connectivity index (χ1) is 8.47. The summed E-state index contributed by atoms with van der Waals surface area (Å²) >= 11 is 0. The number of hydrogen-bond donors (Lipinski definition) is 1. The molecule has 1 aromatic carbocycles. The van der Waals surface area contributed by atoms with E-state index in [1.54, 1.807) is 13.8 Å². The number of benzene rings is 1. The van der Waals surface area contributed by atoms with Crippen molar-refractivity contribution >= 4 is 9.84 Å². The number of sulfone groups is 1. The summed E-state index contributed by atoms with van der Waals surface area (Å²) in [6.45, 7) is 3.37. The van der Waals surface area contributed by atoms with Gasteiger partial charge in [0.15, 0.2) is 21.4 Å². The Morgan fingerprint density at radius 2 is 1.89 bits per heavy atom. The molecule has 0 atom stereocenters. The van der Waals surface area contributed by atoms with Crippen molar-refractivity contribution < 1.29 is 21.9 Å². The molecule has 0 aliphatic rings. The predicted octanol–water partition coefficient (Wildman–Crippen LogP) is 1.66. The highest BCUT2D eigenvalue weighted by atomic mass is 32.2. The molecular formula is C12H17F2NO3S. The van der Waals surface area contributed by atoms with E-state index in [0.717, 1.165) is 12.3 Å². The molecule has 0 aliphatic heterocycles. The first-order valence-corrected chi connectivity index (χ1v) is 7.40. The van der Waals surface area contributed by atoms with Crippen LogP contribution in [0.3, 0.4) is 0 Å². The molecule has 0 bridgehead atoms. The van der Waals surface area contributed by atoms with Gasteiger partial charge in [0.05, 0.1) is 7.11 Å². The number of methoxy groups -OCH3 is 1. The van der Waals surface area contributed by atoms with Crippen LogP contribution in [-0.4, -0.2) is 27.3 Å². The number of rotatable bonds is 4. The van der Waals surface area contributed by atoms with Crippen molar-refractivity contribution in [2.75, 3.05) is 13.4 Å². The van der Waals surface area contributed by atoms with E-state index >= 15 is 0 Å². The number of hydrogen-bond acceptors (Lipinski definition) is 4. The van der Waals surface area contributed by atoms with Gasteiger partial charge in [-0.15, -0.1) is 0 Å². The Balaban J connectivity index is 3.56. The standard InChI is InChI=1S/C12H17F2NO3S/c1-12(2,15)6-7-5-8(13)11(19(4,16)17)9(14)10(7)18-3/h5H,6,15H2,1-4H3. The Morgan fingerprint density at radius 3 is 2.26 bits per heavy atom. The van der Waals surface area contributed by atoms with Crippen molar-refractivity contribution in [3.05, 3.63) is 23.3 Å². The van der Waals surface area contributed by atoms with Gasteiger partial charge in [-0.2, -0.15) is 0 Å². The average molecular weight is 293 g/mol. The first kappa shape index (κ1) is 15.8. The van der Waals surface area contributed by atoms with Gasteiger partial charge in [0.25, 0.3) is 0 Å². The molecule has 1 aromatic rings. The summed E-state index contributed by atoms with van der Waals surface area (Å²) in [4.78, 5) is -0.983. The third kappa shape index (κ3) is 3.63. The highest BCUT2D eigenvalue weighted by molar-refractivity contribution is 7.90. The highest BCUT2D eigenvalue weighted by Gasteiger charge is 2.27. The second-order valence-electron chi connectivity index (χ2n) is 5.13. The van der Waals surface area contributed by atoms with E-state index in [9.17, 15) is 17.2 Å². The summed E-state index contributed by atoms with van der Waals surface area (Å²) in [6, 6.07) is 0.951. The minimum Gasteiger partial charge on any atom is -0.493 e. The maximum atomic E-state index is 14.1. The molecular weight excluding hydrogens is 276 g/mol. The molecule has 1 rings (SSSR count). The highest BCUT2D eigenvalue weighted by Crippen LogP contribution is 2.32. The molecule has 0 aliphatic carbocycles. The van der Waals surface area contributed by atoms with Crippen LogP contribution in [0, 0.1) is 11.6 Å². The van der Waals surface area contributed by atoms with Crippen LogP contribution in [0.15, 0.2) is 11.0 Å². The van der Waals surface area contributed by atoms with Gasteiger partial charge in [-0.05, 0) is 26.3 Å². The topological polar surface area (TPSA) is 69.4 Å². The van der Waals surface area contributed by atoms with Gasteiger partial charge in [0, 0.05) is 17.4 Å². The van der Waals surface area contributed by atoms with Crippen molar-refractivity contribution in [1.82, 2.24) is 0 Å². The van der Waals surface area contributed by atoms with E-state index in [4.69, 9.17) is 10.5 Å². The van der Waals surface area contributed by atoms with Crippen LogP contribution in [0.5, 0.6) is 5.75 Å². The van der Waals surface area contributed by atoms with E-state index in [1.807, 2.05) is 0 Å². The molecule has 0 saturated carbocycles. The fourth-order valence-electron chi connectivity index (χ4n) is 1.82. The van der Waals surface area contributed by atoms with Crippen LogP contribution < -0.4 is 10.5 Å². The second-order valence-corrected chi connectivity index (χ2v) is 7.08. The molecule has 0 saturated heterocycles. The first-order valence-electron chi connectivity index (χ1n) is 5.51.